The molecule has 0 bridgehead atoms. The number of anilines is 1. The summed E-state index contributed by atoms with van der Waals surface area (Å²) in [6, 6.07) is 8.24. The monoisotopic (exact) mass is 291 g/mol. The van der Waals surface area contributed by atoms with E-state index in [4.69, 9.17) is 10.5 Å². The van der Waals surface area contributed by atoms with Crippen molar-refractivity contribution in [3.63, 3.8) is 0 Å². The zero-order valence-corrected chi connectivity index (χ0v) is 13.7. The molecule has 21 heavy (non-hydrogen) atoms. The summed E-state index contributed by atoms with van der Waals surface area (Å²) in [7, 11) is 0. The van der Waals surface area contributed by atoms with Crippen LogP contribution < -0.4 is 11.1 Å². The smallest absolute Gasteiger partial charge is 0.193 e. The first-order valence-electron chi connectivity index (χ1n) is 7.73. The second-order valence-corrected chi connectivity index (χ2v) is 5.97. The fourth-order valence-electron chi connectivity index (χ4n) is 1.81. The van der Waals surface area contributed by atoms with E-state index in [0.29, 0.717) is 30.9 Å². The van der Waals surface area contributed by atoms with Crippen LogP contribution in [0.4, 0.5) is 5.69 Å². The van der Waals surface area contributed by atoms with Gasteiger partial charge in [-0.3, -0.25) is 4.99 Å². The van der Waals surface area contributed by atoms with Gasteiger partial charge in [-0.25, -0.2) is 0 Å². The molecule has 0 atom stereocenters. The van der Waals surface area contributed by atoms with Crippen LogP contribution in [0.5, 0.6) is 0 Å². The molecule has 0 saturated heterocycles. The van der Waals surface area contributed by atoms with E-state index in [0.717, 1.165) is 18.7 Å². The van der Waals surface area contributed by atoms with Gasteiger partial charge in [0.2, 0.25) is 0 Å². The minimum absolute atomic E-state index is 0.434. The second kappa shape index (κ2) is 9.40. The van der Waals surface area contributed by atoms with Crippen molar-refractivity contribution in [1.82, 2.24) is 0 Å². The van der Waals surface area contributed by atoms with E-state index < -0.39 is 0 Å². The van der Waals surface area contributed by atoms with Crippen molar-refractivity contribution in [2.24, 2.45) is 16.6 Å². The summed E-state index contributed by atoms with van der Waals surface area (Å²) in [4.78, 5) is 4.27. The Hall–Kier alpha value is -1.55. The van der Waals surface area contributed by atoms with E-state index in [2.05, 4.69) is 50.1 Å². The molecule has 0 aromatic heterocycles. The summed E-state index contributed by atoms with van der Waals surface area (Å²) in [6.07, 6.45) is 1.08. The molecule has 1 rings (SSSR count). The molecule has 0 amide bonds. The molecule has 0 unspecified atom stereocenters. The first-order chi connectivity index (χ1) is 9.99. The van der Waals surface area contributed by atoms with Crippen LogP contribution in [0, 0.1) is 5.92 Å². The van der Waals surface area contributed by atoms with E-state index in [1.165, 1.54) is 5.56 Å². The van der Waals surface area contributed by atoms with Crippen molar-refractivity contribution < 1.29 is 4.74 Å². The third kappa shape index (κ3) is 7.71. The molecule has 0 saturated carbocycles. The summed E-state index contributed by atoms with van der Waals surface area (Å²) in [6.45, 7) is 10.7. The van der Waals surface area contributed by atoms with E-state index in [1.807, 2.05) is 12.1 Å². The molecular weight excluding hydrogens is 262 g/mol. The van der Waals surface area contributed by atoms with Crippen molar-refractivity contribution in [2.45, 2.75) is 40.0 Å². The number of hydrogen-bond donors (Lipinski definition) is 2. The summed E-state index contributed by atoms with van der Waals surface area (Å²) in [5.41, 5.74) is 8.14. The average molecular weight is 291 g/mol. The number of nitrogens with one attached hydrogen (secondary N) is 1. The van der Waals surface area contributed by atoms with Gasteiger partial charge in [0.25, 0.3) is 0 Å². The Balaban J connectivity index is 2.33. The number of nitrogens with zero attached hydrogens (tertiary/aromatic N) is 1. The van der Waals surface area contributed by atoms with Crippen LogP contribution in [0.1, 0.15) is 45.6 Å². The fourth-order valence-corrected chi connectivity index (χ4v) is 1.81. The van der Waals surface area contributed by atoms with Crippen molar-refractivity contribution in [2.75, 3.05) is 25.1 Å². The Bertz CT molecular complexity index is 441. The number of hydrogen-bond acceptors (Lipinski definition) is 2. The van der Waals surface area contributed by atoms with E-state index in [-0.39, 0.29) is 0 Å². The maximum absolute atomic E-state index is 5.88. The molecule has 0 heterocycles. The summed E-state index contributed by atoms with van der Waals surface area (Å²) >= 11 is 0. The van der Waals surface area contributed by atoms with Crippen LogP contribution in [-0.2, 0) is 4.74 Å². The predicted molar refractivity (Wildman–Crippen MR) is 90.9 cm³/mol. The summed E-state index contributed by atoms with van der Waals surface area (Å²) in [5, 5.41) is 3.12. The highest BCUT2D eigenvalue weighted by Crippen LogP contribution is 2.18. The van der Waals surface area contributed by atoms with Crippen LogP contribution in [-0.4, -0.2) is 25.7 Å². The van der Waals surface area contributed by atoms with Crippen LogP contribution >= 0.6 is 0 Å². The van der Waals surface area contributed by atoms with Gasteiger partial charge < -0.3 is 15.8 Å². The standard InChI is InChI=1S/C17H29N3O/c1-13(2)8-10-21-11-9-19-17(18)20-16-7-5-6-15(12-16)14(3)4/h5-7,12-14H,8-11H2,1-4H3,(H3,18,19,20). The number of nitrogens with two attached hydrogens (primary N) is 1. The van der Waals surface area contributed by atoms with E-state index in [9.17, 15) is 0 Å². The van der Waals surface area contributed by atoms with Crippen LogP contribution in [0.3, 0.4) is 0 Å². The van der Waals surface area contributed by atoms with Gasteiger partial charge in [-0.15, -0.1) is 0 Å². The lowest BCUT2D eigenvalue weighted by Gasteiger charge is -2.10. The Morgan fingerprint density at radius 3 is 2.67 bits per heavy atom. The molecule has 1 aromatic rings. The first-order valence-corrected chi connectivity index (χ1v) is 7.73. The first kappa shape index (κ1) is 17.5. The third-order valence-corrected chi connectivity index (χ3v) is 3.18. The lowest BCUT2D eigenvalue weighted by atomic mass is 10.0. The largest absolute Gasteiger partial charge is 0.380 e. The van der Waals surface area contributed by atoms with Crippen molar-refractivity contribution in [1.29, 1.82) is 0 Å². The highest BCUT2D eigenvalue weighted by Gasteiger charge is 2.01. The molecule has 0 aliphatic heterocycles. The summed E-state index contributed by atoms with van der Waals surface area (Å²) in [5.74, 6) is 1.61. The third-order valence-electron chi connectivity index (χ3n) is 3.18. The second-order valence-electron chi connectivity index (χ2n) is 5.97. The number of guanidine groups is 1. The molecule has 3 N–H and O–H groups in total. The van der Waals surface area contributed by atoms with Crippen LogP contribution in [0.2, 0.25) is 0 Å². The predicted octanol–water partition coefficient (Wildman–Crippen LogP) is 3.60. The van der Waals surface area contributed by atoms with Gasteiger partial charge in [0.05, 0.1) is 13.2 Å². The molecule has 0 aliphatic carbocycles. The molecular formula is C17H29N3O. The minimum atomic E-state index is 0.434. The Labute approximate surface area is 128 Å². The molecule has 4 nitrogen and oxygen atoms in total. The van der Waals surface area contributed by atoms with Gasteiger partial charge in [-0.2, -0.15) is 0 Å². The van der Waals surface area contributed by atoms with Gasteiger partial charge in [0.15, 0.2) is 5.96 Å². The van der Waals surface area contributed by atoms with Gasteiger partial charge in [-0.1, -0.05) is 39.8 Å². The highest BCUT2D eigenvalue weighted by atomic mass is 16.5. The Kier molecular flexibility index (Phi) is 7.83. The SMILES string of the molecule is CC(C)CCOCCN=C(N)Nc1cccc(C(C)C)c1. The zero-order chi connectivity index (χ0) is 15.7. The zero-order valence-electron chi connectivity index (χ0n) is 13.7. The topological polar surface area (TPSA) is 59.6 Å². The number of rotatable bonds is 8. The lowest BCUT2D eigenvalue weighted by Crippen LogP contribution is -2.23. The molecule has 0 fully saturated rings. The van der Waals surface area contributed by atoms with Crippen LogP contribution in [0.25, 0.3) is 0 Å². The number of benzene rings is 1. The molecule has 0 aliphatic rings. The van der Waals surface area contributed by atoms with Crippen LogP contribution in [0.15, 0.2) is 29.3 Å². The van der Waals surface area contributed by atoms with Crippen molar-refractivity contribution in [3.8, 4) is 0 Å². The Morgan fingerprint density at radius 2 is 2.00 bits per heavy atom. The van der Waals surface area contributed by atoms with Gasteiger partial charge in [-0.05, 0) is 36.0 Å². The Morgan fingerprint density at radius 1 is 1.24 bits per heavy atom. The lowest BCUT2D eigenvalue weighted by molar-refractivity contribution is 0.131. The highest BCUT2D eigenvalue weighted by molar-refractivity contribution is 5.92. The van der Waals surface area contributed by atoms with Crippen molar-refractivity contribution in [3.05, 3.63) is 29.8 Å². The van der Waals surface area contributed by atoms with Gasteiger partial charge >= 0.3 is 0 Å². The minimum Gasteiger partial charge on any atom is -0.380 e. The maximum Gasteiger partial charge on any atom is 0.193 e. The molecule has 4 heteroatoms. The molecule has 0 spiro atoms. The van der Waals surface area contributed by atoms with E-state index >= 15 is 0 Å². The van der Waals surface area contributed by atoms with Gasteiger partial charge in [0, 0.05) is 12.3 Å². The number of ether oxygens (including phenoxy) is 1. The van der Waals surface area contributed by atoms with Crippen molar-refractivity contribution >= 4 is 11.6 Å². The number of aliphatic imine (C=N–C) groups is 1. The van der Waals surface area contributed by atoms with Gasteiger partial charge in [0.1, 0.15) is 0 Å². The maximum atomic E-state index is 5.88. The molecule has 0 radical (unpaired) electrons. The molecule has 1 aromatic carbocycles. The quantitative estimate of drug-likeness (QED) is 0.437. The summed E-state index contributed by atoms with van der Waals surface area (Å²) < 4.78 is 5.51. The average Bonchev–Trinajstić information content (AvgIpc) is 2.42. The van der Waals surface area contributed by atoms with E-state index in [1.54, 1.807) is 0 Å². The fraction of sp³-hybridized carbons (Fsp3) is 0.588. The normalized spacial score (nSPS) is 12.2. The molecule has 118 valence electrons.